The molecule has 0 spiro atoms. The molecule has 0 saturated carbocycles. The number of hydrogen-bond donors (Lipinski definition) is 0. The standard InChI is InChI=1S/C5H11.4CH2O.Co/c1-3-5-4-2;4*1-2;/h1,3-5H2,2H3;4*1H2;/q-1;;;;;. The Morgan fingerprint density at radius 1 is 0.857 bits per heavy atom. The van der Waals surface area contributed by atoms with Crippen LogP contribution >= 0.6 is 0 Å². The van der Waals surface area contributed by atoms with E-state index in [4.69, 9.17) is 19.2 Å². The molecule has 0 aromatic carbocycles. The van der Waals surface area contributed by atoms with E-state index in [1.165, 1.54) is 12.8 Å². The molecule has 0 heterocycles. The minimum Gasteiger partial charge on any atom is -0.343 e. The Morgan fingerprint density at radius 2 is 1.07 bits per heavy atom. The Morgan fingerprint density at radius 3 is 1.07 bits per heavy atom. The molecule has 0 bridgehead atoms. The van der Waals surface area contributed by atoms with Crippen molar-refractivity contribution >= 4 is 27.2 Å². The van der Waals surface area contributed by atoms with Gasteiger partial charge < -0.3 is 26.1 Å². The van der Waals surface area contributed by atoms with Gasteiger partial charge in [-0.3, -0.25) is 0 Å². The first kappa shape index (κ1) is 37.9. The van der Waals surface area contributed by atoms with E-state index >= 15 is 0 Å². The predicted octanol–water partition coefficient (Wildman–Crippen LogP) is 1.27. The molecule has 4 nitrogen and oxygen atoms in total. The van der Waals surface area contributed by atoms with Crippen molar-refractivity contribution in [2.75, 3.05) is 0 Å². The average Bonchev–Trinajstić information content (AvgIpc) is 2.30. The van der Waals surface area contributed by atoms with Gasteiger partial charge in [0, 0.05) is 16.8 Å². The van der Waals surface area contributed by atoms with Crippen LogP contribution in [0.25, 0.3) is 0 Å². The van der Waals surface area contributed by atoms with Crippen LogP contribution in [0, 0.1) is 6.92 Å². The number of rotatable bonds is 2. The maximum atomic E-state index is 8.00. The van der Waals surface area contributed by atoms with Gasteiger partial charge in [-0.1, -0.05) is 19.8 Å². The van der Waals surface area contributed by atoms with Gasteiger partial charge in [0.2, 0.25) is 0 Å². The van der Waals surface area contributed by atoms with Crippen LogP contribution in [0.2, 0.25) is 0 Å². The summed E-state index contributed by atoms with van der Waals surface area (Å²) >= 11 is 0. The van der Waals surface area contributed by atoms with Crippen LogP contribution < -0.4 is 0 Å². The molecule has 0 aromatic rings. The number of unbranched alkanes of at least 4 members (excludes halogenated alkanes) is 2. The number of carbonyl (C=O) groups excluding carboxylic acids is 4. The van der Waals surface area contributed by atoms with Crippen molar-refractivity contribution in [1.29, 1.82) is 0 Å². The van der Waals surface area contributed by atoms with Crippen LogP contribution in [0.3, 0.4) is 0 Å². The van der Waals surface area contributed by atoms with Gasteiger partial charge in [0.05, 0.1) is 0 Å². The zero-order valence-electron chi connectivity index (χ0n) is 8.62. The fraction of sp³-hybridized carbons (Fsp3) is 0.444. The molecule has 5 heteroatoms. The molecular formula is C9H19CoO4-. The van der Waals surface area contributed by atoms with Gasteiger partial charge in [0.15, 0.2) is 0 Å². The van der Waals surface area contributed by atoms with Gasteiger partial charge in [-0.2, -0.15) is 6.42 Å². The normalized spacial score (nSPS) is 4.14. The van der Waals surface area contributed by atoms with Gasteiger partial charge in [0.1, 0.15) is 27.2 Å². The van der Waals surface area contributed by atoms with Crippen molar-refractivity contribution < 1.29 is 36.0 Å². The van der Waals surface area contributed by atoms with E-state index in [0.29, 0.717) is 0 Å². The largest absolute Gasteiger partial charge is 0.343 e. The Balaban J connectivity index is -0.0000000156. The minimum atomic E-state index is 0. The molecule has 0 atom stereocenters. The molecule has 0 aliphatic carbocycles. The molecule has 1 radical (unpaired) electrons. The summed E-state index contributed by atoms with van der Waals surface area (Å²) in [6.45, 7) is 13.8. The summed E-state index contributed by atoms with van der Waals surface area (Å²) in [5.74, 6) is 0. The van der Waals surface area contributed by atoms with Gasteiger partial charge in [0.25, 0.3) is 0 Å². The van der Waals surface area contributed by atoms with Crippen molar-refractivity contribution in [3.63, 3.8) is 0 Å². The summed E-state index contributed by atoms with van der Waals surface area (Å²) < 4.78 is 0. The van der Waals surface area contributed by atoms with Gasteiger partial charge >= 0.3 is 0 Å². The maximum absolute atomic E-state index is 8.00. The van der Waals surface area contributed by atoms with E-state index < -0.39 is 0 Å². The quantitative estimate of drug-likeness (QED) is 0.692. The van der Waals surface area contributed by atoms with E-state index in [1.807, 2.05) is 27.2 Å². The minimum absolute atomic E-state index is 0. The fourth-order valence-electron chi connectivity index (χ4n) is 0.250. The molecule has 0 aliphatic heterocycles. The molecule has 14 heavy (non-hydrogen) atoms. The first-order chi connectivity index (χ1) is 6.41. The maximum Gasteiger partial charge on any atom is 0.106 e. The number of carbonyl (C=O) groups is 4. The summed E-state index contributed by atoms with van der Waals surface area (Å²) in [5.41, 5.74) is 0. The molecule has 0 aromatic heterocycles. The second-order valence-electron chi connectivity index (χ2n) is 1.21. The van der Waals surface area contributed by atoms with Crippen molar-refractivity contribution in [1.82, 2.24) is 0 Å². The molecule has 89 valence electrons. The van der Waals surface area contributed by atoms with Crippen LogP contribution in [0.15, 0.2) is 0 Å². The second kappa shape index (κ2) is 319. The van der Waals surface area contributed by atoms with Gasteiger partial charge in [-0.15, -0.1) is 0 Å². The van der Waals surface area contributed by atoms with Crippen LogP contribution in [-0.2, 0) is 36.0 Å². The summed E-state index contributed by atoms with van der Waals surface area (Å²) in [5, 5.41) is 0. The van der Waals surface area contributed by atoms with E-state index in [1.54, 1.807) is 0 Å². The topological polar surface area (TPSA) is 68.3 Å². The molecule has 0 amide bonds. The molecule has 0 fully saturated rings. The zero-order chi connectivity index (χ0) is 12.1. The molecular weight excluding hydrogens is 231 g/mol. The summed E-state index contributed by atoms with van der Waals surface area (Å²) in [7, 11) is 0. The molecule has 0 rings (SSSR count). The fourth-order valence-corrected chi connectivity index (χ4v) is 0.250. The van der Waals surface area contributed by atoms with Crippen molar-refractivity contribution in [2.45, 2.75) is 26.2 Å². The monoisotopic (exact) mass is 250 g/mol. The van der Waals surface area contributed by atoms with Gasteiger partial charge in [-0.25, -0.2) is 0 Å². The number of hydrogen-bond acceptors (Lipinski definition) is 4. The molecule has 0 aliphatic rings. The van der Waals surface area contributed by atoms with Crippen LogP contribution in [0.4, 0.5) is 0 Å². The van der Waals surface area contributed by atoms with E-state index in [0.717, 1.165) is 6.42 Å². The van der Waals surface area contributed by atoms with E-state index in [2.05, 4.69) is 13.8 Å². The average molecular weight is 250 g/mol. The second-order valence-corrected chi connectivity index (χ2v) is 1.21. The third kappa shape index (κ3) is 825. The Kier molecular flexibility index (Phi) is 864. The Bertz CT molecular complexity index is 46.1. The van der Waals surface area contributed by atoms with Crippen LogP contribution in [-0.4, -0.2) is 27.2 Å². The van der Waals surface area contributed by atoms with Crippen LogP contribution in [0.5, 0.6) is 0 Å². The summed E-state index contributed by atoms with van der Waals surface area (Å²) in [6.07, 6.45) is 3.65. The third-order valence-electron chi connectivity index (χ3n) is 0.604. The summed E-state index contributed by atoms with van der Waals surface area (Å²) in [4.78, 5) is 32.0. The first-order valence-electron chi connectivity index (χ1n) is 3.36. The molecule has 0 unspecified atom stereocenters. The Hall–Kier alpha value is -0.814. The van der Waals surface area contributed by atoms with Crippen molar-refractivity contribution in [3.05, 3.63) is 6.92 Å². The Labute approximate surface area is 96.6 Å². The third-order valence-corrected chi connectivity index (χ3v) is 0.604. The molecule has 0 N–H and O–H groups in total. The SMILES string of the molecule is C=O.C=O.C=O.C=O.[CH2-]CCCC.[Co]. The first-order valence-corrected chi connectivity index (χ1v) is 3.36. The van der Waals surface area contributed by atoms with Crippen molar-refractivity contribution in [2.24, 2.45) is 0 Å². The van der Waals surface area contributed by atoms with E-state index in [-0.39, 0.29) is 16.8 Å². The predicted molar refractivity (Wildman–Crippen MR) is 53.4 cm³/mol. The smallest absolute Gasteiger partial charge is 0.106 e. The summed E-state index contributed by atoms with van der Waals surface area (Å²) in [6, 6.07) is 0. The van der Waals surface area contributed by atoms with E-state index in [9.17, 15) is 0 Å². The zero-order valence-corrected chi connectivity index (χ0v) is 9.66. The van der Waals surface area contributed by atoms with Crippen LogP contribution in [0.1, 0.15) is 26.2 Å². The van der Waals surface area contributed by atoms with Gasteiger partial charge in [-0.05, 0) is 0 Å². The molecule has 0 saturated heterocycles. The van der Waals surface area contributed by atoms with Crippen molar-refractivity contribution in [3.8, 4) is 0 Å².